The van der Waals surface area contributed by atoms with Crippen LogP contribution >= 0.6 is 11.6 Å². The summed E-state index contributed by atoms with van der Waals surface area (Å²) in [6.45, 7) is 3.79. The lowest BCUT2D eigenvalue weighted by atomic mass is 10.0. The van der Waals surface area contributed by atoms with E-state index in [9.17, 15) is 4.79 Å². The number of carbonyl (C=O) groups is 1. The molecule has 0 saturated heterocycles. The van der Waals surface area contributed by atoms with Gasteiger partial charge in [-0.15, -0.1) is 0 Å². The number of para-hydroxylation sites is 1. The number of benzene rings is 2. The molecule has 0 aromatic heterocycles. The molecule has 0 saturated carbocycles. The van der Waals surface area contributed by atoms with E-state index in [2.05, 4.69) is 4.99 Å². The molecule has 0 aliphatic heterocycles. The van der Waals surface area contributed by atoms with Gasteiger partial charge in [-0.25, -0.2) is 4.99 Å². The zero-order valence-corrected chi connectivity index (χ0v) is 15.1. The lowest BCUT2D eigenvalue weighted by Crippen LogP contribution is -2.13. The zero-order chi connectivity index (χ0) is 17.7. The van der Waals surface area contributed by atoms with E-state index in [1.807, 2.05) is 57.1 Å². The SMILES string of the molecule is Cc1cc(C(=O)COc2ccccc2Cl)c(C)cc1N=CN(C)C. The Morgan fingerprint density at radius 1 is 1.21 bits per heavy atom. The Labute approximate surface area is 147 Å². The lowest BCUT2D eigenvalue weighted by molar-refractivity contribution is 0.0921. The van der Waals surface area contributed by atoms with Gasteiger partial charge in [0.25, 0.3) is 0 Å². The Kier molecular flexibility index (Phi) is 5.99. The Bertz CT molecular complexity index is 770. The summed E-state index contributed by atoms with van der Waals surface area (Å²) in [6.07, 6.45) is 1.74. The van der Waals surface area contributed by atoms with Crippen molar-refractivity contribution in [2.45, 2.75) is 13.8 Å². The van der Waals surface area contributed by atoms with E-state index in [0.29, 0.717) is 16.3 Å². The summed E-state index contributed by atoms with van der Waals surface area (Å²) in [4.78, 5) is 18.7. The van der Waals surface area contributed by atoms with Crippen LogP contribution in [0.25, 0.3) is 0 Å². The minimum Gasteiger partial charge on any atom is -0.484 e. The molecule has 0 radical (unpaired) electrons. The Morgan fingerprint density at radius 2 is 1.92 bits per heavy atom. The normalized spacial score (nSPS) is 10.9. The summed E-state index contributed by atoms with van der Waals surface area (Å²) < 4.78 is 5.54. The molecular formula is C19H21ClN2O2. The van der Waals surface area contributed by atoms with Gasteiger partial charge < -0.3 is 9.64 Å². The lowest BCUT2D eigenvalue weighted by Gasteiger charge is -2.11. The van der Waals surface area contributed by atoms with E-state index < -0.39 is 0 Å². The second-order valence-electron chi connectivity index (χ2n) is 5.80. The molecule has 5 heteroatoms. The molecule has 0 atom stereocenters. The fourth-order valence-corrected chi connectivity index (χ4v) is 2.39. The summed E-state index contributed by atoms with van der Waals surface area (Å²) >= 11 is 6.04. The number of ketones is 1. The molecule has 0 amide bonds. The molecule has 0 heterocycles. The minimum absolute atomic E-state index is 0.0513. The van der Waals surface area contributed by atoms with Gasteiger partial charge in [0.05, 0.1) is 17.0 Å². The second-order valence-corrected chi connectivity index (χ2v) is 6.21. The molecule has 0 aliphatic carbocycles. The highest BCUT2D eigenvalue weighted by molar-refractivity contribution is 6.32. The summed E-state index contributed by atoms with van der Waals surface area (Å²) in [7, 11) is 3.82. The summed E-state index contributed by atoms with van der Waals surface area (Å²) in [6, 6.07) is 10.9. The fraction of sp³-hybridized carbons (Fsp3) is 0.263. The molecule has 4 nitrogen and oxygen atoms in total. The van der Waals surface area contributed by atoms with Crippen LogP contribution in [0.4, 0.5) is 5.69 Å². The molecule has 24 heavy (non-hydrogen) atoms. The third-order valence-electron chi connectivity index (χ3n) is 3.47. The molecule has 0 spiro atoms. The first-order valence-electron chi connectivity index (χ1n) is 7.61. The van der Waals surface area contributed by atoms with E-state index in [1.165, 1.54) is 0 Å². The van der Waals surface area contributed by atoms with Gasteiger partial charge >= 0.3 is 0 Å². The first-order valence-corrected chi connectivity index (χ1v) is 7.98. The number of hydrogen-bond acceptors (Lipinski definition) is 3. The van der Waals surface area contributed by atoms with E-state index in [0.717, 1.165) is 16.8 Å². The van der Waals surface area contributed by atoms with Crippen LogP contribution in [0.2, 0.25) is 5.02 Å². The van der Waals surface area contributed by atoms with Crippen molar-refractivity contribution in [3.63, 3.8) is 0 Å². The van der Waals surface area contributed by atoms with Gasteiger partial charge in [0.2, 0.25) is 0 Å². The number of halogens is 1. The quantitative estimate of drug-likeness (QED) is 0.442. The highest BCUT2D eigenvalue weighted by Gasteiger charge is 2.13. The van der Waals surface area contributed by atoms with E-state index in [4.69, 9.17) is 16.3 Å². The first kappa shape index (κ1) is 18.0. The van der Waals surface area contributed by atoms with Gasteiger partial charge in [-0.3, -0.25) is 4.79 Å². The predicted octanol–water partition coefficient (Wildman–Crippen LogP) is 4.44. The largest absolute Gasteiger partial charge is 0.484 e. The molecule has 2 aromatic carbocycles. The first-order chi connectivity index (χ1) is 11.4. The Morgan fingerprint density at radius 3 is 2.58 bits per heavy atom. The van der Waals surface area contributed by atoms with Gasteiger partial charge in [0.15, 0.2) is 12.4 Å². The fourth-order valence-electron chi connectivity index (χ4n) is 2.20. The van der Waals surface area contributed by atoms with Crippen molar-refractivity contribution in [3.05, 3.63) is 58.1 Å². The van der Waals surface area contributed by atoms with Crippen molar-refractivity contribution in [1.82, 2.24) is 4.90 Å². The number of nitrogens with zero attached hydrogens (tertiary/aromatic N) is 2. The van der Waals surface area contributed by atoms with E-state index >= 15 is 0 Å². The van der Waals surface area contributed by atoms with Gasteiger partial charge in [0, 0.05) is 19.7 Å². The topological polar surface area (TPSA) is 41.9 Å². The molecule has 0 unspecified atom stereocenters. The smallest absolute Gasteiger partial charge is 0.200 e. The average Bonchev–Trinajstić information content (AvgIpc) is 2.54. The molecule has 0 fully saturated rings. The van der Waals surface area contributed by atoms with Crippen molar-refractivity contribution in [2.24, 2.45) is 4.99 Å². The molecule has 126 valence electrons. The van der Waals surface area contributed by atoms with Crippen molar-refractivity contribution >= 4 is 29.4 Å². The standard InChI is InChI=1S/C19H21ClN2O2/c1-13-10-17(21-12-22(3)4)14(2)9-15(13)18(23)11-24-19-8-6-5-7-16(19)20/h5-10,12H,11H2,1-4H3. The number of ether oxygens (including phenoxy) is 1. The Balaban J connectivity index is 2.15. The van der Waals surface area contributed by atoms with Crippen LogP contribution in [0.1, 0.15) is 21.5 Å². The molecule has 0 bridgehead atoms. The summed E-state index contributed by atoms with van der Waals surface area (Å²) in [5.74, 6) is 0.424. The van der Waals surface area contributed by atoms with Crippen LogP contribution in [-0.4, -0.2) is 37.7 Å². The average molecular weight is 345 g/mol. The van der Waals surface area contributed by atoms with Crippen LogP contribution in [0, 0.1) is 13.8 Å². The van der Waals surface area contributed by atoms with Crippen LogP contribution in [0.3, 0.4) is 0 Å². The van der Waals surface area contributed by atoms with Gasteiger partial charge in [-0.1, -0.05) is 23.7 Å². The van der Waals surface area contributed by atoms with Gasteiger partial charge in [0.1, 0.15) is 5.75 Å². The number of aryl methyl sites for hydroxylation is 2. The monoisotopic (exact) mass is 344 g/mol. The molecule has 2 rings (SSSR count). The van der Waals surface area contributed by atoms with Crippen LogP contribution in [-0.2, 0) is 0 Å². The van der Waals surface area contributed by atoms with E-state index in [-0.39, 0.29) is 12.4 Å². The zero-order valence-electron chi connectivity index (χ0n) is 14.3. The number of hydrogen-bond donors (Lipinski definition) is 0. The van der Waals surface area contributed by atoms with Crippen molar-refractivity contribution < 1.29 is 9.53 Å². The van der Waals surface area contributed by atoms with Crippen molar-refractivity contribution in [3.8, 4) is 5.75 Å². The third-order valence-corrected chi connectivity index (χ3v) is 3.78. The van der Waals surface area contributed by atoms with Crippen LogP contribution < -0.4 is 4.74 Å². The third kappa shape index (κ3) is 4.59. The van der Waals surface area contributed by atoms with Gasteiger partial charge in [-0.05, 0) is 49.2 Å². The van der Waals surface area contributed by atoms with Crippen LogP contribution in [0.5, 0.6) is 5.75 Å². The predicted molar refractivity (Wildman–Crippen MR) is 99.0 cm³/mol. The number of carbonyl (C=O) groups excluding carboxylic acids is 1. The number of aliphatic imine (C=N–C) groups is 1. The second kappa shape index (κ2) is 7.97. The number of rotatable bonds is 6. The summed E-state index contributed by atoms with van der Waals surface area (Å²) in [5.41, 5.74) is 3.31. The molecule has 2 aromatic rings. The Hall–Kier alpha value is -2.33. The van der Waals surface area contributed by atoms with Gasteiger partial charge in [-0.2, -0.15) is 0 Å². The highest BCUT2D eigenvalue weighted by Crippen LogP contribution is 2.25. The van der Waals surface area contributed by atoms with Crippen molar-refractivity contribution in [1.29, 1.82) is 0 Å². The number of Topliss-reactive ketones (excluding diaryl/α,β-unsaturated/α-hetero) is 1. The minimum atomic E-state index is -0.0846. The van der Waals surface area contributed by atoms with E-state index in [1.54, 1.807) is 18.5 Å². The van der Waals surface area contributed by atoms with Crippen LogP contribution in [0.15, 0.2) is 41.4 Å². The maximum Gasteiger partial charge on any atom is 0.200 e. The molecule has 0 aliphatic rings. The maximum absolute atomic E-state index is 12.5. The molecule has 0 N–H and O–H groups in total. The molecular weight excluding hydrogens is 324 g/mol. The van der Waals surface area contributed by atoms with Crippen molar-refractivity contribution in [2.75, 3.05) is 20.7 Å². The summed E-state index contributed by atoms with van der Waals surface area (Å²) in [5, 5.41) is 0.492. The maximum atomic E-state index is 12.5. The highest BCUT2D eigenvalue weighted by atomic mass is 35.5.